The van der Waals surface area contributed by atoms with Crippen LogP contribution in [0, 0.1) is 0 Å². The van der Waals surface area contributed by atoms with Gasteiger partial charge < -0.3 is 5.32 Å². The normalized spacial score (nSPS) is 10.1. The van der Waals surface area contributed by atoms with Crippen molar-refractivity contribution in [1.29, 1.82) is 0 Å². The minimum atomic E-state index is -0.196. The van der Waals surface area contributed by atoms with Crippen LogP contribution in [-0.2, 0) is 0 Å². The van der Waals surface area contributed by atoms with E-state index in [1.165, 1.54) is 23.7 Å². The predicted molar refractivity (Wildman–Crippen MR) is 69.7 cm³/mol. The fraction of sp³-hybridized carbons (Fsp3) is 0. The van der Waals surface area contributed by atoms with Crippen molar-refractivity contribution in [2.75, 3.05) is 5.32 Å². The second-order valence-electron chi connectivity index (χ2n) is 2.78. The van der Waals surface area contributed by atoms with E-state index < -0.39 is 0 Å². The van der Waals surface area contributed by atoms with Crippen LogP contribution in [0.3, 0.4) is 0 Å². The Bertz CT molecular complexity index is 512. The molecular weight excluding hydrogens is 358 g/mol. The number of carbonyl (C=O) groups is 1. The highest BCUT2D eigenvalue weighted by molar-refractivity contribution is 9.10. The Hall–Kier alpha value is -0.790. The van der Waals surface area contributed by atoms with Crippen LogP contribution in [0.2, 0.25) is 0 Å². The van der Waals surface area contributed by atoms with Gasteiger partial charge in [-0.25, -0.2) is 9.97 Å². The van der Waals surface area contributed by atoms with Crippen molar-refractivity contribution in [2.45, 2.75) is 0 Å². The molecule has 7 heteroatoms. The molecule has 2 aromatic rings. The number of rotatable bonds is 2. The number of thiophene rings is 1. The lowest BCUT2D eigenvalue weighted by Gasteiger charge is -2.02. The Morgan fingerprint density at radius 1 is 1.31 bits per heavy atom. The Morgan fingerprint density at radius 3 is 2.69 bits per heavy atom. The second kappa shape index (κ2) is 5.03. The standard InChI is InChI=1S/C9H5Br2N3OS/c10-5-1-2-16-8(5)9(15)14-7-4-12-6(11)3-13-7/h1-4H,(H,13,14,15). The molecule has 0 atom stereocenters. The topological polar surface area (TPSA) is 54.9 Å². The van der Waals surface area contributed by atoms with Gasteiger partial charge in [0.05, 0.1) is 12.4 Å². The first-order valence-electron chi connectivity index (χ1n) is 4.18. The smallest absolute Gasteiger partial charge is 0.268 e. The van der Waals surface area contributed by atoms with Gasteiger partial charge in [0.2, 0.25) is 0 Å². The Morgan fingerprint density at radius 2 is 2.12 bits per heavy atom. The highest BCUT2D eigenvalue weighted by Gasteiger charge is 2.12. The summed E-state index contributed by atoms with van der Waals surface area (Å²) in [6.45, 7) is 0. The van der Waals surface area contributed by atoms with Crippen molar-refractivity contribution in [1.82, 2.24) is 9.97 Å². The van der Waals surface area contributed by atoms with Gasteiger partial charge in [-0.1, -0.05) is 0 Å². The van der Waals surface area contributed by atoms with Crippen LogP contribution in [0.4, 0.5) is 5.82 Å². The Kier molecular flexibility index (Phi) is 3.67. The van der Waals surface area contributed by atoms with Crippen molar-refractivity contribution in [3.63, 3.8) is 0 Å². The average molecular weight is 363 g/mol. The minimum absolute atomic E-state index is 0.196. The lowest BCUT2D eigenvalue weighted by atomic mass is 10.4. The molecule has 0 aliphatic rings. The number of hydrogen-bond donors (Lipinski definition) is 1. The molecule has 4 nitrogen and oxygen atoms in total. The number of carbonyl (C=O) groups excluding carboxylic acids is 1. The van der Waals surface area contributed by atoms with Crippen LogP contribution in [0.5, 0.6) is 0 Å². The van der Waals surface area contributed by atoms with Gasteiger partial charge in [-0.05, 0) is 43.3 Å². The number of anilines is 1. The summed E-state index contributed by atoms with van der Waals surface area (Å²) in [7, 11) is 0. The van der Waals surface area contributed by atoms with Gasteiger partial charge in [-0.15, -0.1) is 11.3 Å². The first-order valence-corrected chi connectivity index (χ1v) is 6.65. The van der Waals surface area contributed by atoms with E-state index in [4.69, 9.17) is 0 Å². The number of halogens is 2. The van der Waals surface area contributed by atoms with Gasteiger partial charge in [-0.2, -0.15) is 0 Å². The second-order valence-corrected chi connectivity index (χ2v) is 5.36. The van der Waals surface area contributed by atoms with Crippen molar-refractivity contribution in [3.05, 3.63) is 37.8 Å². The molecule has 0 saturated carbocycles. The maximum absolute atomic E-state index is 11.8. The average Bonchev–Trinajstić information content (AvgIpc) is 2.68. The molecule has 2 heterocycles. The van der Waals surface area contributed by atoms with Crippen LogP contribution >= 0.6 is 43.2 Å². The van der Waals surface area contributed by atoms with Crippen molar-refractivity contribution in [3.8, 4) is 0 Å². The molecule has 0 aliphatic carbocycles. The third-order valence-corrected chi connectivity index (χ3v) is 3.93. The minimum Gasteiger partial charge on any atom is -0.305 e. The highest BCUT2D eigenvalue weighted by Crippen LogP contribution is 2.23. The van der Waals surface area contributed by atoms with Gasteiger partial charge in [0.25, 0.3) is 5.91 Å². The SMILES string of the molecule is O=C(Nc1cnc(Br)cn1)c1sccc1Br. The zero-order valence-corrected chi connectivity index (χ0v) is 11.8. The van der Waals surface area contributed by atoms with E-state index in [2.05, 4.69) is 47.1 Å². The quantitative estimate of drug-likeness (QED) is 0.891. The fourth-order valence-corrected chi connectivity index (χ4v) is 2.66. The van der Waals surface area contributed by atoms with Gasteiger partial charge in [-0.3, -0.25) is 4.79 Å². The summed E-state index contributed by atoms with van der Waals surface area (Å²) >= 11 is 7.83. The molecule has 0 aromatic carbocycles. The van der Waals surface area contributed by atoms with Crippen molar-refractivity contribution in [2.24, 2.45) is 0 Å². The van der Waals surface area contributed by atoms with Crippen LogP contribution in [-0.4, -0.2) is 15.9 Å². The van der Waals surface area contributed by atoms with Crippen LogP contribution < -0.4 is 5.32 Å². The van der Waals surface area contributed by atoms with E-state index in [1.54, 1.807) is 0 Å². The molecule has 0 spiro atoms. The van der Waals surface area contributed by atoms with Crippen LogP contribution in [0.25, 0.3) is 0 Å². The summed E-state index contributed by atoms with van der Waals surface area (Å²) in [6, 6.07) is 1.83. The zero-order valence-electron chi connectivity index (χ0n) is 7.78. The van der Waals surface area contributed by atoms with E-state index >= 15 is 0 Å². The van der Waals surface area contributed by atoms with Crippen LogP contribution in [0.15, 0.2) is 32.9 Å². The monoisotopic (exact) mass is 361 g/mol. The number of nitrogens with one attached hydrogen (secondary N) is 1. The van der Waals surface area contributed by atoms with E-state index in [9.17, 15) is 4.79 Å². The lowest BCUT2D eigenvalue weighted by molar-refractivity contribution is 0.102. The maximum atomic E-state index is 11.8. The molecule has 82 valence electrons. The van der Waals surface area contributed by atoms with Gasteiger partial charge in [0.1, 0.15) is 9.48 Å². The van der Waals surface area contributed by atoms with Gasteiger partial charge >= 0.3 is 0 Å². The van der Waals surface area contributed by atoms with Gasteiger partial charge in [0.15, 0.2) is 5.82 Å². The van der Waals surface area contributed by atoms with E-state index in [0.29, 0.717) is 15.3 Å². The Balaban J connectivity index is 2.14. The largest absolute Gasteiger partial charge is 0.305 e. The third kappa shape index (κ3) is 2.66. The molecule has 16 heavy (non-hydrogen) atoms. The number of aromatic nitrogens is 2. The highest BCUT2D eigenvalue weighted by atomic mass is 79.9. The summed E-state index contributed by atoms with van der Waals surface area (Å²) in [5.41, 5.74) is 0. The lowest BCUT2D eigenvalue weighted by Crippen LogP contribution is -2.12. The maximum Gasteiger partial charge on any atom is 0.268 e. The predicted octanol–water partition coefficient (Wildman–Crippen LogP) is 3.32. The molecule has 0 bridgehead atoms. The Labute approximate surface area is 112 Å². The number of nitrogens with zero attached hydrogens (tertiary/aromatic N) is 2. The molecule has 0 radical (unpaired) electrons. The summed E-state index contributed by atoms with van der Waals surface area (Å²) in [5.74, 6) is 0.229. The summed E-state index contributed by atoms with van der Waals surface area (Å²) in [6.07, 6.45) is 3.02. The molecule has 1 amide bonds. The molecule has 0 saturated heterocycles. The molecule has 2 aromatic heterocycles. The summed E-state index contributed by atoms with van der Waals surface area (Å²) in [5, 5.41) is 4.50. The molecular formula is C9H5Br2N3OS. The first-order chi connectivity index (χ1) is 7.66. The van der Waals surface area contributed by atoms with Gasteiger partial charge in [0, 0.05) is 4.47 Å². The number of amides is 1. The molecule has 0 fully saturated rings. The van der Waals surface area contributed by atoms with E-state index in [1.807, 2.05) is 11.4 Å². The first kappa shape index (κ1) is 11.7. The van der Waals surface area contributed by atoms with Crippen molar-refractivity contribution >= 4 is 54.9 Å². The summed E-state index contributed by atoms with van der Waals surface area (Å²) in [4.78, 5) is 20.4. The zero-order chi connectivity index (χ0) is 11.5. The molecule has 0 aliphatic heterocycles. The number of hydrogen-bond acceptors (Lipinski definition) is 4. The van der Waals surface area contributed by atoms with Crippen LogP contribution in [0.1, 0.15) is 9.67 Å². The summed E-state index contributed by atoms with van der Waals surface area (Å²) < 4.78 is 1.41. The molecule has 1 N–H and O–H groups in total. The van der Waals surface area contributed by atoms with E-state index in [-0.39, 0.29) is 5.91 Å². The van der Waals surface area contributed by atoms with Crippen molar-refractivity contribution < 1.29 is 4.79 Å². The molecule has 0 unspecified atom stereocenters. The third-order valence-electron chi connectivity index (χ3n) is 1.69. The van der Waals surface area contributed by atoms with E-state index in [0.717, 1.165) is 4.47 Å². The molecule has 2 rings (SSSR count). The fourth-order valence-electron chi connectivity index (χ4n) is 1.01.